The third-order valence-corrected chi connectivity index (χ3v) is 3.35. The summed E-state index contributed by atoms with van der Waals surface area (Å²) in [4.78, 5) is 18.3. The molecule has 0 saturated carbocycles. The molecule has 0 atom stereocenters. The Morgan fingerprint density at radius 1 is 1.10 bits per heavy atom. The van der Waals surface area contributed by atoms with Crippen molar-refractivity contribution in [2.75, 3.05) is 19.0 Å². The Hall–Kier alpha value is -2.36. The van der Waals surface area contributed by atoms with E-state index in [0.29, 0.717) is 0 Å². The van der Waals surface area contributed by atoms with Gasteiger partial charge in [-0.25, -0.2) is 4.99 Å². The van der Waals surface area contributed by atoms with Crippen LogP contribution in [0.25, 0.3) is 0 Å². The zero-order valence-corrected chi connectivity index (χ0v) is 12.3. The Bertz CT molecular complexity index is 634. The highest BCUT2D eigenvalue weighted by Crippen LogP contribution is 2.23. The smallest absolute Gasteiger partial charge is 0.202 e. The maximum atomic E-state index is 11.6. The van der Waals surface area contributed by atoms with Gasteiger partial charge in [-0.1, -0.05) is 0 Å². The lowest BCUT2D eigenvalue weighted by molar-refractivity contribution is -0.111. The summed E-state index contributed by atoms with van der Waals surface area (Å²) < 4.78 is 0. The van der Waals surface area contributed by atoms with E-state index >= 15 is 0 Å². The minimum atomic E-state index is -0.137. The van der Waals surface area contributed by atoms with Crippen LogP contribution in [0.4, 0.5) is 11.4 Å². The van der Waals surface area contributed by atoms with E-state index in [1.807, 2.05) is 57.1 Å². The number of aliphatic imine (C=N–C) groups is 1. The molecule has 4 heteroatoms. The van der Waals surface area contributed by atoms with Crippen molar-refractivity contribution < 1.29 is 4.79 Å². The third-order valence-electron chi connectivity index (χ3n) is 3.35. The number of nitrogens with zero attached hydrogens (tertiary/aromatic N) is 2. The lowest BCUT2D eigenvalue weighted by atomic mass is 9.94. The molecular weight excluding hydrogens is 250 g/mol. The highest BCUT2D eigenvalue weighted by molar-refractivity contribution is 6.24. The second kappa shape index (κ2) is 5.33. The van der Waals surface area contributed by atoms with Crippen LogP contribution in [-0.2, 0) is 4.79 Å². The molecule has 0 spiro atoms. The van der Waals surface area contributed by atoms with Crippen LogP contribution in [0.3, 0.4) is 0 Å². The molecule has 0 amide bonds. The molecule has 0 radical (unpaired) electrons. The van der Waals surface area contributed by atoms with E-state index in [9.17, 15) is 4.79 Å². The number of benzene rings is 1. The first-order valence-electron chi connectivity index (χ1n) is 6.46. The van der Waals surface area contributed by atoms with Gasteiger partial charge in [-0.2, -0.15) is 0 Å². The van der Waals surface area contributed by atoms with Gasteiger partial charge in [-0.3, -0.25) is 4.79 Å². The Kier molecular flexibility index (Phi) is 3.74. The molecule has 4 nitrogen and oxygen atoms in total. The molecule has 0 fully saturated rings. The van der Waals surface area contributed by atoms with Crippen LogP contribution in [0.2, 0.25) is 0 Å². The monoisotopic (exact) mass is 269 g/mol. The van der Waals surface area contributed by atoms with Gasteiger partial charge in [-0.05, 0) is 49.8 Å². The fourth-order valence-electron chi connectivity index (χ4n) is 2.08. The first-order valence-corrected chi connectivity index (χ1v) is 6.46. The summed E-state index contributed by atoms with van der Waals surface area (Å²) in [5, 5.41) is 0. The van der Waals surface area contributed by atoms with Crippen molar-refractivity contribution in [2.24, 2.45) is 10.7 Å². The van der Waals surface area contributed by atoms with Crippen LogP contribution in [0, 0.1) is 0 Å². The summed E-state index contributed by atoms with van der Waals surface area (Å²) >= 11 is 0. The molecule has 2 rings (SSSR count). The maximum absolute atomic E-state index is 11.6. The normalized spacial score (nSPS) is 17.5. The molecular formula is C16H19N3O. The van der Waals surface area contributed by atoms with Gasteiger partial charge < -0.3 is 10.6 Å². The molecule has 0 unspecified atom stereocenters. The Balaban J connectivity index is 2.39. The van der Waals surface area contributed by atoms with Crippen molar-refractivity contribution in [3.63, 3.8) is 0 Å². The number of hydrogen-bond donors (Lipinski definition) is 1. The van der Waals surface area contributed by atoms with Gasteiger partial charge in [-0.15, -0.1) is 0 Å². The zero-order valence-electron chi connectivity index (χ0n) is 12.3. The van der Waals surface area contributed by atoms with Crippen LogP contribution in [-0.4, -0.2) is 25.6 Å². The van der Waals surface area contributed by atoms with Crippen molar-refractivity contribution in [1.29, 1.82) is 0 Å². The van der Waals surface area contributed by atoms with E-state index in [-0.39, 0.29) is 11.5 Å². The van der Waals surface area contributed by atoms with Crippen molar-refractivity contribution in [1.82, 2.24) is 0 Å². The summed E-state index contributed by atoms with van der Waals surface area (Å²) in [6.07, 6.45) is 1.54. The zero-order chi connectivity index (χ0) is 14.9. The molecule has 1 aliphatic carbocycles. The lowest BCUT2D eigenvalue weighted by Gasteiger charge is -2.16. The molecule has 1 aromatic carbocycles. The van der Waals surface area contributed by atoms with E-state index in [0.717, 1.165) is 28.2 Å². The fourth-order valence-corrected chi connectivity index (χ4v) is 2.08. The largest absolute Gasteiger partial charge is 0.395 e. The average Bonchev–Trinajstić information content (AvgIpc) is 2.42. The second-order valence-electron chi connectivity index (χ2n) is 5.10. The summed E-state index contributed by atoms with van der Waals surface area (Å²) in [6.45, 7) is 3.71. The number of allylic oxidation sites excluding steroid dienone is 3. The topological polar surface area (TPSA) is 58.7 Å². The minimum absolute atomic E-state index is 0.137. The van der Waals surface area contributed by atoms with Gasteiger partial charge >= 0.3 is 0 Å². The molecule has 0 bridgehead atoms. The van der Waals surface area contributed by atoms with Crippen LogP contribution in [0.15, 0.2) is 52.2 Å². The molecule has 2 N–H and O–H groups in total. The molecule has 0 heterocycles. The van der Waals surface area contributed by atoms with Crippen molar-refractivity contribution in [3.8, 4) is 0 Å². The SMILES string of the molecule is CC1=CC(=O)C(N)=C(C)C1=Nc1ccc(N(C)C)cc1. The Labute approximate surface area is 119 Å². The Morgan fingerprint density at radius 3 is 2.25 bits per heavy atom. The molecule has 0 saturated heterocycles. The highest BCUT2D eigenvalue weighted by Gasteiger charge is 2.19. The standard InChI is InChI=1S/C16H19N3O/c1-10-9-14(20)15(17)11(2)16(10)18-12-5-7-13(8-6-12)19(3)4/h5-9H,17H2,1-4H3. The molecule has 0 aromatic heterocycles. The first kappa shape index (κ1) is 14.1. The predicted octanol–water partition coefficient (Wildman–Crippen LogP) is 2.59. The number of ketones is 1. The van der Waals surface area contributed by atoms with Crippen molar-refractivity contribution in [2.45, 2.75) is 13.8 Å². The van der Waals surface area contributed by atoms with E-state index in [2.05, 4.69) is 4.99 Å². The van der Waals surface area contributed by atoms with Crippen molar-refractivity contribution >= 4 is 22.9 Å². The van der Waals surface area contributed by atoms with Crippen LogP contribution in [0.1, 0.15) is 13.8 Å². The highest BCUT2D eigenvalue weighted by atomic mass is 16.1. The molecule has 104 valence electrons. The first-order chi connectivity index (χ1) is 9.40. The van der Waals surface area contributed by atoms with E-state index < -0.39 is 0 Å². The van der Waals surface area contributed by atoms with Crippen LogP contribution >= 0.6 is 0 Å². The summed E-state index contributed by atoms with van der Waals surface area (Å²) in [6, 6.07) is 7.93. The van der Waals surface area contributed by atoms with Gasteiger partial charge in [0.2, 0.25) is 5.78 Å². The number of rotatable bonds is 2. The van der Waals surface area contributed by atoms with Crippen LogP contribution in [0.5, 0.6) is 0 Å². The fraction of sp³-hybridized carbons (Fsp3) is 0.250. The molecule has 1 aliphatic rings. The van der Waals surface area contributed by atoms with Gasteiger partial charge in [0, 0.05) is 25.4 Å². The van der Waals surface area contributed by atoms with Gasteiger partial charge in [0.1, 0.15) is 0 Å². The Morgan fingerprint density at radius 2 is 1.70 bits per heavy atom. The number of carbonyl (C=O) groups is 1. The molecule has 0 aliphatic heterocycles. The van der Waals surface area contributed by atoms with E-state index in [1.54, 1.807) is 0 Å². The minimum Gasteiger partial charge on any atom is -0.395 e. The third kappa shape index (κ3) is 2.64. The van der Waals surface area contributed by atoms with Gasteiger partial charge in [0.05, 0.1) is 17.1 Å². The second-order valence-corrected chi connectivity index (χ2v) is 5.10. The summed E-state index contributed by atoms with van der Waals surface area (Å²) in [5.74, 6) is -0.137. The summed E-state index contributed by atoms with van der Waals surface area (Å²) in [7, 11) is 3.99. The quantitative estimate of drug-likeness (QED) is 0.839. The van der Waals surface area contributed by atoms with Gasteiger partial charge in [0.15, 0.2) is 0 Å². The molecule has 1 aromatic rings. The number of carbonyl (C=O) groups excluding carboxylic acids is 1. The van der Waals surface area contributed by atoms with E-state index in [4.69, 9.17) is 5.73 Å². The molecule has 20 heavy (non-hydrogen) atoms. The number of nitrogens with two attached hydrogens (primary N) is 1. The lowest BCUT2D eigenvalue weighted by Crippen LogP contribution is -2.21. The average molecular weight is 269 g/mol. The van der Waals surface area contributed by atoms with Gasteiger partial charge in [0.25, 0.3) is 0 Å². The number of hydrogen-bond acceptors (Lipinski definition) is 4. The predicted molar refractivity (Wildman–Crippen MR) is 83.5 cm³/mol. The van der Waals surface area contributed by atoms with Crippen LogP contribution < -0.4 is 10.6 Å². The maximum Gasteiger partial charge on any atom is 0.202 e. The number of anilines is 1. The van der Waals surface area contributed by atoms with E-state index in [1.165, 1.54) is 6.08 Å². The van der Waals surface area contributed by atoms with Crippen molar-refractivity contribution in [3.05, 3.63) is 47.2 Å². The summed E-state index contributed by atoms with van der Waals surface area (Å²) in [5.41, 5.74) is 10.4.